The maximum absolute atomic E-state index is 13.7. The second-order valence-corrected chi connectivity index (χ2v) is 6.84. The van der Waals surface area contributed by atoms with E-state index in [1.807, 2.05) is 73.9 Å². The van der Waals surface area contributed by atoms with Crippen LogP contribution in [-0.4, -0.2) is 16.2 Å². The van der Waals surface area contributed by atoms with Gasteiger partial charge in [-0.05, 0) is 68.8 Å². The highest BCUT2D eigenvalue weighted by Crippen LogP contribution is 2.27. The van der Waals surface area contributed by atoms with Crippen molar-refractivity contribution in [3.8, 4) is 5.69 Å². The Morgan fingerprint density at radius 3 is 2.36 bits per heavy atom. The Bertz CT molecular complexity index is 1130. The first-order chi connectivity index (χ1) is 13.5. The quantitative estimate of drug-likeness (QED) is 0.593. The molecule has 0 bridgehead atoms. The van der Waals surface area contributed by atoms with Crippen LogP contribution < -0.4 is 5.01 Å². The number of hydrogen-bond acceptors (Lipinski definition) is 2. The Balaban J connectivity index is 1.73. The summed E-state index contributed by atoms with van der Waals surface area (Å²) in [7, 11) is 0. The van der Waals surface area contributed by atoms with Crippen molar-refractivity contribution in [1.82, 2.24) is 4.57 Å². The highest BCUT2D eigenvalue weighted by molar-refractivity contribution is 6.32. The lowest BCUT2D eigenvalue weighted by Crippen LogP contribution is -2.21. The van der Waals surface area contributed by atoms with Gasteiger partial charge in [0.2, 0.25) is 0 Å². The van der Waals surface area contributed by atoms with Gasteiger partial charge in [0, 0.05) is 17.1 Å². The van der Waals surface area contributed by atoms with Crippen molar-refractivity contribution in [2.24, 2.45) is 5.10 Å². The molecule has 0 aliphatic carbocycles. The van der Waals surface area contributed by atoms with Crippen LogP contribution in [0.25, 0.3) is 11.8 Å². The molecule has 0 saturated heterocycles. The van der Waals surface area contributed by atoms with Crippen LogP contribution in [0.3, 0.4) is 0 Å². The highest BCUT2D eigenvalue weighted by atomic mass is 19.1. The molecule has 28 heavy (non-hydrogen) atoms. The Morgan fingerprint density at radius 1 is 0.929 bits per heavy atom. The fraction of sp³-hybridized carbons (Fsp3) is 0.130. The van der Waals surface area contributed by atoms with Crippen LogP contribution >= 0.6 is 0 Å². The number of aryl methyl sites for hydroxylation is 1. The Morgan fingerprint density at radius 2 is 1.64 bits per heavy atom. The van der Waals surface area contributed by atoms with Crippen molar-refractivity contribution in [2.45, 2.75) is 20.8 Å². The number of halogens is 1. The summed E-state index contributed by atoms with van der Waals surface area (Å²) in [4.78, 5) is 12.9. The Kier molecular flexibility index (Phi) is 4.43. The first-order valence-electron chi connectivity index (χ1n) is 9.07. The molecule has 5 heteroatoms. The number of para-hydroxylation sites is 1. The number of aromatic nitrogens is 1. The normalized spacial score (nSPS) is 15.4. The summed E-state index contributed by atoms with van der Waals surface area (Å²) >= 11 is 0. The van der Waals surface area contributed by atoms with E-state index >= 15 is 0 Å². The first-order valence-corrected chi connectivity index (χ1v) is 9.07. The lowest BCUT2D eigenvalue weighted by molar-refractivity contribution is -0.114. The van der Waals surface area contributed by atoms with Gasteiger partial charge in [0.25, 0.3) is 5.91 Å². The maximum atomic E-state index is 13.7. The molecule has 1 amide bonds. The van der Waals surface area contributed by atoms with E-state index < -0.39 is 0 Å². The average molecular weight is 373 g/mol. The van der Waals surface area contributed by atoms with E-state index in [1.54, 1.807) is 6.07 Å². The van der Waals surface area contributed by atoms with Crippen molar-refractivity contribution in [2.75, 3.05) is 5.01 Å². The van der Waals surface area contributed by atoms with Gasteiger partial charge in [-0.15, -0.1) is 0 Å². The van der Waals surface area contributed by atoms with Crippen molar-refractivity contribution in [3.05, 3.63) is 89.0 Å². The molecule has 1 aliphatic heterocycles. The van der Waals surface area contributed by atoms with Gasteiger partial charge in [-0.2, -0.15) is 10.1 Å². The standard InChI is InChI=1S/C23H20FN3O/c1-15-12-18(17(3)26(15)21-11-7-8-19(24)14-21)13-22-16(2)25-27(23(22)28)20-9-5-4-6-10-20/h4-14H,1-3H3. The minimum atomic E-state index is -0.280. The van der Waals surface area contributed by atoms with E-state index in [0.29, 0.717) is 11.3 Å². The summed E-state index contributed by atoms with van der Waals surface area (Å²) in [5, 5.41) is 5.85. The summed E-state index contributed by atoms with van der Waals surface area (Å²) in [6.45, 7) is 5.76. The molecule has 3 aromatic rings. The number of amides is 1. The summed E-state index contributed by atoms with van der Waals surface area (Å²) in [6.07, 6.45) is 1.86. The number of nitrogens with zero attached hydrogens (tertiary/aromatic N) is 3. The molecule has 140 valence electrons. The number of anilines is 1. The van der Waals surface area contributed by atoms with Crippen LogP contribution in [0.5, 0.6) is 0 Å². The SMILES string of the molecule is CC1=NN(c2ccccc2)C(=O)C1=Cc1cc(C)n(-c2cccc(F)c2)c1C. The number of carbonyl (C=O) groups excluding carboxylic acids is 1. The van der Waals surface area contributed by atoms with Crippen molar-refractivity contribution >= 4 is 23.4 Å². The Hall–Kier alpha value is -3.47. The van der Waals surface area contributed by atoms with E-state index in [4.69, 9.17) is 0 Å². The van der Waals surface area contributed by atoms with Crippen LogP contribution in [0.4, 0.5) is 10.1 Å². The lowest BCUT2D eigenvalue weighted by Gasteiger charge is -2.11. The van der Waals surface area contributed by atoms with Gasteiger partial charge in [-0.25, -0.2) is 4.39 Å². The minimum absolute atomic E-state index is 0.153. The third-order valence-electron chi connectivity index (χ3n) is 4.90. The zero-order chi connectivity index (χ0) is 19.8. The Labute approximate surface area is 163 Å². The largest absolute Gasteiger partial charge is 0.318 e. The second-order valence-electron chi connectivity index (χ2n) is 6.84. The highest BCUT2D eigenvalue weighted by Gasteiger charge is 2.29. The zero-order valence-electron chi connectivity index (χ0n) is 16.0. The number of hydrazone groups is 1. The van der Waals surface area contributed by atoms with Gasteiger partial charge >= 0.3 is 0 Å². The summed E-state index contributed by atoms with van der Waals surface area (Å²) in [5.41, 5.74) is 5.54. The molecule has 0 N–H and O–H groups in total. The van der Waals surface area contributed by atoms with Crippen LogP contribution in [0.1, 0.15) is 23.9 Å². The van der Waals surface area contributed by atoms with E-state index in [2.05, 4.69) is 5.10 Å². The average Bonchev–Trinajstić information content (AvgIpc) is 3.12. The van der Waals surface area contributed by atoms with Gasteiger partial charge in [-0.3, -0.25) is 4.79 Å². The third kappa shape index (κ3) is 3.05. The van der Waals surface area contributed by atoms with E-state index in [-0.39, 0.29) is 11.7 Å². The summed E-state index contributed by atoms with van der Waals surface area (Å²) in [5.74, 6) is -0.434. The molecule has 1 aliphatic rings. The van der Waals surface area contributed by atoms with Gasteiger partial charge in [0.1, 0.15) is 5.82 Å². The first kappa shape index (κ1) is 17.9. The molecule has 0 unspecified atom stereocenters. The van der Waals surface area contributed by atoms with Crippen LogP contribution in [0, 0.1) is 19.7 Å². The van der Waals surface area contributed by atoms with E-state index in [9.17, 15) is 9.18 Å². The molecular formula is C23H20FN3O. The maximum Gasteiger partial charge on any atom is 0.280 e. The monoisotopic (exact) mass is 373 g/mol. The molecule has 0 saturated carbocycles. The van der Waals surface area contributed by atoms with Gasteiger partial charge in [0.15, 0.2) is 0 Å². The van der Waals surface area contributed by atoms with E-state index in [1.165, 1.54) is 17.1 Å². The van der Waals surface area contributed by atoms with Crippen molar-refractivity contribution < 1.29 is 9.18 Å². The van der Waals surface area contributed by atoms with Crippen LogP contribution in [-0.2, 0) is 4.79 Å². The topological polar surface area (TPSA) is 37.6 Å². The van der Waals surface area contributed by atoms with Gasteiger partial charge in [0.05, 0.1) is 17.0 Å². The third-order valence-corrected chi connectivity index (χ3v) is 4.90. The predicted molar refractivity (Wildman–Crippen MR) is 110 cm³/mol. The zero-order valence-corrected chi connectivity index (χ0v) is 16.0. The summed E-state index contributed by atoms with van der Waals surface area (Å²) in [6, 6.07) is 17.8. The molecular weight excluding hydrogens is 353 g/mol. The molecule has 0 fully saturated rings. The molecule has 4 rings (SSSR count). The van der Waals surface area contributed by atoms with Gasteiger partial charge in [-0.1, -0.05) is 24.3 Å². The molecule has 0 radical (unpaired) electrons. The minimum Gasteiger partial charge on any atom is -0.318 e. The fourth-order valence-electron chi connectivity index (χ4n) is 3.53. The van der Waals surface area contributed by atoms with E-state index in [0.717, 1.165) is 28.3 Å². The van der Waals surface area contributed by atoms with Crippen LogP contribution in [0.2, 0.25) is 0 Å². The number of carbonyl (C=O) groups is 1. The smallest absolute Gasteiger partial charge is 0.280 e. The predicted octanol–water partition coefficient (Wildman–Crippen LogP) is 5.04. The summed E-state index contributed by atoms with van der Waals surface area (Å²) < 4.78 is 15.6. The number of hydrogen-bond donors (Lipinski definition) is 0. The molecule has 0 spiro atoms. The molecule has 4 nitrogen and oxygen atoms in total. The van der Waals surface area contributed by atoms with Crippen molar-refractivity contribution in [1.29, 1.82) is 0 Å². The van der Waals surface area contributed by atoms with Crippen LogP contribution in [0.15, 0.2) is 71.3 Å². The number of benzene rings is 2. The molecule has 2 heterocycles. The second kappa shape index (κ2) is 6.93. The number of rotatable bonds is 3. The molecule has 0 atom stereocenters. The van der Waals surface area contributed by atoms with Gasteiger partial charge < -0.3 is 4.57 Å². The fourth-order valence-corrected chi connectivity index (χ4v) is 3.53. The molecule has 2 aromatic carbocycles. The lowest BCUT2D eigenvalue weighted by atomic mass is 10.1. The molecule has 1 aromatic heterocycles. The van der Waals surface area contributed by atoms with Crippen molar-refractivity contribution in [3.63, 3.8) is 0 Å².